The van der Waals surface area contributed by atoms with Gasteiger partial charge in [0.15, 0.2) is 0 Å². The fourth-order valence-corrected chi connectivity index (χ4v) is 2.64. The minimum absolute atomic E-state index is 0.591. The van der Waals surface area contributed by atoms with Crippen LogP contribution in [0.3, 0.4) is 0 Å². The molecule has 0 N–H and O–H groups in total. The van der Waals surface area contributed by atoms with Crippen molar-refractivity contribution in [3.63, 3.8) is 0 Å². The highest BCUT2D eigenvalue weighted by Gasteiger charge is 2.19. The van der Waals surface area contributed by atoms with Crippen molar-refractivity contribution in [3.8, 4) is 12.3 Å². The zero-order valence-electron chi connectivity index (χ0n) is 10.2. The van der Waals surface area contributed by atoms with Gasteiger partial charge in [0, 0.05) is 10.0 Å². The molecule has 1 atom stereocenters. The lowest BCUT2D eigenvalue weighted by molar-refractivity contribution is 0.611. The number of terminal acetylenes is 1. The molecule has 1 aliphatic carbocycles. The van der Waals surface area contributed by atoms with E-state index >= 15 is 0 Å². The fraction of sp³-hybridized carbons (Fsp3) is 0.375. The monoisotopic (exact) mass is 288 g/mol. The van der Waals surface area contributed by atoms with Gasteiger partial charge in [0.2, 0.25) is 0 Å². The Morgan fingerprint density at radius 1 is 1.47 bits per heavy atom. The molecule has 88 valence electrons. The van der Waals surface area contributed by atoms with Crippen LogP contribution in [0.25, 0.3) is 0 Å². The summed E-state index contributed by atoms with van der Waals surface area (Å²) in [7, 11) is 0. The van der Waals surface area contributed by atoms with Gasteiger partial charge in [-0.25, -0.2) is 0 Å². The summed E-state index contributed by atoms with van der Waals surface area (Å²) in [6.45, 7) is 2.24. The summed E-state index contributed by atoms with van der Waals surface area (Å²) in [5.74, 6) is 3.41. The first-order chi connectivity index (χ1) is 8.24. The van der Waals surface area contributed by atoms with Crippen LogP contribution in [0.5, 0.6) is 0 Å². The largest absolute Gasteiger partial charge is 0.115 e. The lowest BCUT2D eigenvalue weighted by atomic mass is 9.87. The lowest BCUT2D eigenvalue weighted by Gasteiger charge is -2.17. The minimum atomic E-state index is 0.591. The average Bonchev–Trinajstić information content (AvgIpc) is 3.12. The molecule has 0 amide bonds. The second-order valence-corrected chi connectivity index (χ2v) is 5.55. The summed E-state index contributed by atoms with van der Waals surface area (Å²) in [6, 6.07) is 6.34. The van der Waals surface area contributed by atoms with Crippen molar-refractivity contribution < 1.29 is 0 Å². The van der Waals surface area contributed by atoms with Crippen LogP contribution < -0.4 is 0 Å². The molecule has 1 aromatic carbocycles. The minimum Gasteiger partial charge on any atom is -0.115 e. The van der Waals surface area contributed by atoms with Crippen molar-refractivity contribution in [2.24, 2.45) is 0 Å². The van der Waals surface area contributed by atoms with E-state index < -0.39 is 0 Å². The van der Waals surface area contributed by atoms with Crippen molar-refractivity contribution in [1.29, 1.82) is 0 Å². The Balaban J connectivity index is 2.27. The summed E-state index contributed by atoms with van der Waals surface area (Å²) in [5.41, 5.74) is 3.97. The Hall–Kier alpha value is -1.00. The van der Waals surface area contributed by atoms with Crippen molar-refractivity contribution in [1.82, 2.24) is 0 Å². The lowest BCUT2D eigenvalue weighted by Crippen LogP contribution is -2.01. The van der Waals surface area contributed by atoms with E-state index in [1.165, 1.54) is 31.2 Å². The molecule has 1 aliphatic rings. The van der Waals surface area contributed by atoms with Crippen LogP contribution in [-0.2, 0) is 0 Å². The first-order valence-corrected chi connectivity index (χ1v) is 6.97. The van der Waals surface area contributed by atoms with Gasteiger partial charge in [-0.1, -0.05) is 52.9 Å². The number of rotatable bonds is 5. The summed E-state index contributed by atoms with van der Waals surface area (Å²) in [5, 5.41) is 0. The molecule has 1 aromatic rings. The van der Waals surface area contributed by atoms with Crippen molar-refractivity contribution in [2.45, 2.75) is 38.5 Å². The molecule has 0 saturated carbocycles. The van der Waals surface area contributed by atoms with E-state index in [0.717, 1.165) is 10.0 Å². The summed E-state index contributed by atoms with van der Waals surface area (Å²) < 4.78 is 1.06. The molecule has 0 spiro atoms. The van der Waals surface area contributed by atoms with E-state index in [4.69, 9.17) is 6.42 Å². The molecule has 1 unspecified atom stereocenters. The molecule has 0 nitrogen and oxygen atoms in total. The van der Waals surface area contributed by atoms with Crippen LogP contribution in [0.15, 0.2) is 34.3 Å². The van der Waals surface area contributed by atoms with E-state index in [-0.39, 0.29) is 0 Å². The average molecular weight is 289 g/mol. The van der Waals surface area contributed by atoms with E-state index in [9.17, 15) is 0 Å². The maximum atomic E-state index is 5.61. The highest BCUT2D eigenvalue weighted by atomic mass is 79.9. The highest BCUT2D eigenvalue weighted by molar-refractivity contribution is 9.10. The first-order valence-electron chi connectivity index (χ1n) is 6.18. The molecule has 0 radical (unpaired) electrons. The van der Waals surface area contributed by atoms with Gasteiger partial charge in [-0.05, 0) is 42.9 Å². The second kappa shape index (κ2) is 5.56. The van der Waals surface area contributed by atoms with Crippen molar-refractivity contribution in [2.75, 3.05) is 0 Å². The topological polar surface area (TPSA) is 0 Å². The van der Waals surface area contributed by atoms with E-state index in [1.54, 1.807) is 5.57 Å². The number of halogens is 1. The molecule has 0 saturated heterocycles. The van der Waals surface area contributed by atoms with Gasteiger partial charge in [0.25, 0.3) is 0 Å². The van der Waals surface area contributed by atoms with Gasteiger partial charge >= 0.3 is 0 Å². The molecular weight excluding hydrogens is 272 g/mol. The summed E-state index contributed by atoms with van der Waals surface area (Å²) in [6.07, 6.45) is 12.7. The van der Waals surface area contributed by atoms with Crippen LogP contribution >= 0.6 is 15.9 Å². The smallest absolute Gasteiger partial charge is 0.0288 e. The SMILES string of the molecule is C#Cc1cc(Br)ccc1C(CCC)CC1=CC1. The second-order valence-electron chi connectivity index (χ2n) is 4.63. The van der Waals surface area contributed by atoms with Crippen LogP contribution in [0.4, 0.5) is 0 Å². The molecule has 0 heterocycles. The normalized spacial score (nSPS) is 15.0. The van der Waals surface area contributed by atoms with Gasteiger partial charge < -0.3 is 0 Å². The molecule has 2 rings (SSSR count). The fourth-order valence-electron chi connectivity index (χ4n) is 2.28. The van der Waals surface area contributed by atoms with Gasteiger partial charge in [-0.2, -0.15) is 0 Å². The molecule has 0 aliphatic heterocycles. The van der Waals surface area contributed by atoms with Gasteiger partial charge in [-0.3, -0.25) is 0 Å². The number of hydrogen-bond donors (Lipinski definition) is 0. The van der Waals surface area contributed by atoms with Crippen LogP contribution in [0, 0.1) is 12.3 Å². The quantitative estimate of drug-likeness (QED) is 0.526. The summed E-state index contributed by atoms with van der Waals surface area (Å²) >= 11 is 3.48. The van der Waals surface area contributed by atoms with E-state index in [1.807, 2.05) is 0 Å². The molecular formula is C16H17Br. The third kappa shape index (κ3) is 3.23. The standard InChI is InChI=1S/C16H17Br/c1-3-5-14(10-12-6-7-12)16-9-8-15(17)11-13(16)4-2/h2,6,8-9,11,14H,3,5,7,10H2,1H3. The van der Waals surface area contributed by atoms with Crippen LogP contribution in [0.1, 0.15) is 49.7 Å². The van der Waals surface area contributed by atoms with Gasteiger partial charge in [0.05, 0.1) is 0 Å². The summed E-state index contributed by atoms with van der Waals surface area (Å²) in [4.78, 5) is 0. The number of allylic oxidation sites excluding steroid dienone is 2. The number of hydrogen-bond acceptors (Lipinski definition) is 0. The van der Waals surface area contributed by atoms with E-state index in [0.29, 0.717) is 5.92 Å². The molecule has 0 fully saturated rings. The highest BCUT2D eigenvalue weighted by Crippen LogP contribution is 2.36. The van der Waals surface area contributed by atoms with Gasteiger partial charge in [0.1, 0.15) is 0 Å². The Labute approximate surface area is 112 Å². The number of benzene rings is 1. The predicted molar refractivity (Wildman–Crippen MR) is 77.0 cm³/mol. The maximum Gasteiger partial charge on any atom is 0.0288 e. The Bertz CT molecular complexity index is 477. The van der Waals surface area contributed by atoms with Crippen LogP contribution in [-0.4, -0.2) is 0 Å². The molecule has 1 heteroatoms. The zero-order chi connectivity index (χ0) is 12.3. The Morgan fingerprint density at radius 3 is 2.82 bits per heavy atom. The maximum absolute atomic E-state index is 5.61. The predicted octanol–water partition coefficient (Wildman–Crippen LogP) is 5.03. The molecule has 17 heavy (non-hydrogen) atoms. The third-order valence-electron chi connectivity index (χ3n) is 3.25. The van der Waals surface area contributed by atoms with Gasteiger partial charge in [-0.15, -0.1) is 6.42 Å². The van der Waals surface area contributed by atoms with Crippen LogP contribution in [0.2, 0.25) is 0 Å². The zero-order valence-corrected chi connectivity index (χ0v) is 11.8. The van der Waals surface area contributed by atoms with E-state index in [2.05, 4.69) is 53.0 Å². The Morgan fingerprint density at radius 2 is 2.24 bits per heavy atom. The van der Waals surface area contributed by atoms with Crippen molar-refractivity contribution >= 4 is 15.9 Å². The Kier molecular flexibility index (Phi) is 4.07. The molecule has 0 bridgehead atoms. The third-order valence-corrected chi connectivity index (χ3v) is 3.74. The first kappa shape index (κ1) is 12.5. The molecule has 0 aromatic heterocycles. The van der Waals surface area contributed by atoms with Crippen molar-refractivity contribution in [3.05, 3.63) is 45.4 Å².